The monoisotopic (exact) mass is 302 g/mol. The average molecular weight is 302 g/mol. The number of hydrogen-bond acceptors (Lipinski definition) is 4. The highest BCUT2D eigenvalue weighted by molar-refractivity contribution is 5.89. The molecule has 0 bridgehead atoms. The van der Waals surface area contributed by atoms with Crippen molar-refractivity contribution in [2.24, 2.45) is 0 Å². The fourth-order valence-corrected chi connectivity index (χ4v) is 2.56. The van der Waals surface area contributed by atoms with Crippen LogP contribution in [0.4, 0.5) is 0 Å². The highest BCUT2D eigenvalue weighted by Gasteiger charge is 2.16. The lowest BCUT2D eigenvalue weighted by atomic mass is 9.87. The standard InChI is InChI=1S/C18H22O4/c1-3-4-9-22-17(19)11-13-5-6-14-7-8-15(18(20)21-2)12-16(14)10-13/h7-8,11-12H,3-6,9-10H2,1-2H3. The van der Waals surface area contributed by atoms with Gasteiger partial charge >= 0.3 is 11.9 Å². The lowest BCUT2D eigenvalue weighted by molar-refractivity contribution is -0.137. The third-order valence-electron chi connectivity index (χ3n) is 3.82. The molecule has 0 unspecified atom stereocenters. The Morgan fingerprint density at radius 1 is 1.23 bits per heavy atom. The Bertz CT molecular complexity index is 587. The van der Waals surface area contributed by atoms with Crippen molar-refractivity contribution in [2.75, 3.05) is 13.7 Å². The number of esters is 2. The van der Waals surface area contributed by atoms with E-state index >= 15 is 0 Å². The van der Waals surface area contributed by atoms with E-state index in [2.05, 4.69) is 6.92 Å². The van der Waals surface area contributed by atoms with Crippen LogP contribution in [0.15, 0.2) is 29.8 Å². The smallest absolute Gasteiger partial charge is 0.337 e. The maximum absolute atomic E-state index is 11.7. The van der Waals surface area contributed by atoms with E-state index in [1.807, 2.05) is 12.1 Å². The van der Waals surface area contributed by atoms with E-state index in [4.69, 9.17) is 9.47 Å². The van der Waals surface area contributed by atoms with E-state index in [-0.39, 0.29) is 11.9 Å². The molecule has 0 saturated heterocycles. The summed E-state index contributed by atoms with van der Waals surface area (Å²) in [7, 11) is 1.37. The van der Waals surface area contributed by atoms with Crippen molar-refractivity contribution in [3.63, 3.8) is 0 Å². The zero-order chi connectivity index (χ0) is 15.9. The summed E-state index contributed by atoms with van der Waals surface area (Å²) in [5.41, 5.74) is 3.91. The first kappa shape index (κ1) is 16.3. The summed E-state index contributed by atoms with van der Waals surface area (Å²) in [6.07, 6.45) is 5.92. The Kier molecular flexibility index (Phi) is 5.75. The number of allylic oxidation sites excluding steroid dienone is 1. The normalized spacial score (nSPS) is 15.3. The van der Waals surface area contributed by atoms with Crippen LogP contribution in [0.5, 0.6) is 0 Å². The maximum atomic E-state index is 11.7. The Hall–Kier alpha value is -2.10. The molecule has 4 heteroatoms. The number of ether oxygens (including phenoxy) is 2. The van der Waals surface area contributed by atoms with Crippen molar-refractivity contribution in [1.29, 1.82) is 0 Å². The van der Waals surface area contributed by atoms with Crippen LogP contribution in [0.3, 0.4) is 0 Å². The zero-order valence-electron chi connectivity index (χ0n) is 13.2. The molecule has 0 heterocycles. The number of carbonyl (C=O) groups excluding carboxylic acids is 2. The molecule has 4 nitrogen and oxygen atoms in total. The minimum atomic E-state index is -0.335. The molecule has 1 aromatic carbocycles. The van der Waals surface area contributed by atoms with Crippen LogP contribution >= 0.6 is 0 Å². The Morgan fingerprint density at radius 2 is 2.05 bits per heavy atom. The average Bonchev–Trinajstić information content (AvgIpc) is 2.53. The van der Waals surface area contributed by atoms with E-state index in [1.54, 1.807) is 12.1 Å². The summed E-state index contributed by atoms with van der Waals surface area (Å²) in [4.78, 5) is 23.3. The number of rotatable bonds is 5. The minimum Gasteiger partial charge on any atom is -0.465 e. The molecule has 1 aromatic rings. The van der Waals surface area contributed by atoms with Gasteiger partial charge in [-0.1, -0.05) is 25.0 Å². The molecule has 0 aromatic heterocycles. The first-order valence-corrected chi connectivity index (χ1v) is 7.70. The van der Waals surface area contributed by atoms with Crippen molar-refractivity contribution in [3.8, 4) is 0 Å². The molecule has 0 saturated carbocycles. The Balaban J connectivity index is 2.06. The fourth-order valence-electron chi connectivity index (χ4n) is 2.56. The molecule has 1 aliphatic rings. The molecule has 1 aliphatic carbocycles. The number of methoxy groups -OCH3 is 1. The molecule has 0 atom stereocenters. The van der Waals surface area contributed by atoms with Gasteiger partial charge < -0.3 is 9.47 Å². The summed E-state index contributed by atoms with van der Waals surface area (Å²) in [6.45, 7) is 2.53. The first-order valence-electron chi connectivity index (χ1n) is 7.70. The number of aryl methyl sites for hydroxylation is 1. The molecule has 22 heavy (non-hydrogen) atoms. The van der Waals surface area contributed by atoms with E-state index in [0.29, 0.717) is 18.6 Å². The van der Waals surface area contributed by atoms with Gasteiger partial charge in [-0.2, -0.15) is 0 Å². The van der Waals surface area contributed by atoms with Crippen molar-refractivity contribution in [3.05, 3.63) is 46.5 Å². The molecule has 118 valence electrons. The van der Waals surface area contributed by atoms with Crippen molar-refractivity contribution >= 4 is 11.9 Å². The second-order valence-corrected chi connectivity index (χ2v) is 5.48. The van der Waals surface area contributed by atoms with Gasteiger partial charge in [-0.25, -0.2) is 9.59 Å². The number of unbranched alkanes of at least 4 members (excludes halogenated alkanes) is 1. The molecular weight excluding hydrogens is 280 g/mol. The van der Waals surface area contributed by atoms with Gasteiger partial charge in [0.1, 0.15) is 0 Å². The molecule has 0 amide bonds. The van der Waals surface area contributed by atoms with Gasteiger partial charge in [-0.3, -0.25) is 0 Å². The highest BCUT2D eigenvalue weighted by Crippen LogP contribution is 2.26. The molecule has 0 fully saturated rings. The number of benzene rings is 1. The number of fused-ring (bicyclic) bond motifs is 1. The van der Waals surface area contributed by atoms with Gasteiger partial charge in [-0.05, 0) is 48.9 Å². The predicted octanol–water partition coefficient (Wildman–Crippen LogP) is 3.23. The van der Waals surface area contributed by atoms with Gasteiger partial charge in [0.25, 0.3) is 0 Å². The summed E-state index contributed by atoms with van der Waals surface area (Å²) < 4.78 is 9.91. The lowest BCUT2D eigenvalue weighted by Gasteiger charge is -2.19. The van der Waals surface area contributed by atoms with Gasteiger partial charge in [0, 0.05) is 6.08 Å². The molecule has 2 rings (SSSR count). The fraction of sp³-hybridized carbons (Fsp3) is 0.444. The lowest BCUT2D eigenvalue weighted by Crippen LogP contribution is -2.11. The third kappa shape index (κ3) is 4.20. The van der Waals surface area contributed by atoms with Crippen LogP contribution in [-0.2, 0) is 27.1 Å². The summed E-state index contributed by atoms with van der Waals surface area (Å²) in [5.74, 6) is -0.603. The quantitative estimate of drug-likeness (QED) is 0.476. The van der Waals surface area contributed by atoms with Crippen LogP contribution in [0.1, 0.15) is 47.7 Å². The summed E-state index contributed by atoms with van der Waals surface area (Å²) in [5, 5.41) is 0. The van der Waals surface area contributed by atoms with Gasteiger partial charge in [-0.15, -0.1) is 0 Å². The van der Waals surface area contributed by atoms with Crippen LogP contribution in [0.25, 0.3) is 0 Å². The van der Waals surface area contributed by atoms with E-state index in [1.165, 1.54) is 12.7 Å². The van der Waals surface area contributed by atoms with Crippen LogP contribution in [-0.4, -0.2) is 25.7 Å². The largest absolute Gasteiger partial charge is 0.465 e. The maximum Gasteiger partial charge on any atom is 0.337 e. The van der Waals surface area contributed by atoms with Gasteiger partial charge in [0.05, 0.1) is 19.3 Å². The summed E-state index contributed by atoms with van der Waals surface area (Å²) in [6, 6.07) is 5.62. The second kappa shape index (κ2) is 7.78. The van der Waals surface area contributed by atoms with Crippen molar-refractivity contribution < 1.29 is 19.1 Å². The zero-order valence-corrected chi connectivity index (χ0v) is 13.2. The first-order chi connectivity index (χ1) is 10.6. The van der Waals surface area contributed by atoms with E-state index in [0.717, 1.165) is 36.8 Å². The van der Waals surface area contributed by atoms with Crippen molar-refractivity contribution in [1.82, 2.24) is 0 Å². The van der Waals surface area contributed by atoms with Crippen LogP contribution in [0.2, 0.25) is 0 Å². The topological polar surface area (TPSA) is 52.6 Å². The van der Waals surface area contributed by atoms with Crippen molar-refractivity contribution in [2.45, 2.75) is 39.0 Å². The molecule has 0 aliphatic heterocycles. The Morgan fingerprint density at radius 3 is 2.77 bits per heavy atom. The molecule has 0 N–H and O–H groups in total. The molecule has 0 spiro atoms. The van der Waals surface area contributed by atoms with Crippen LogP contribution < -0.4 is 0 Å². The number of hydrogen-bond donors (Lipinski definition) is 0. The summed E-state index contributed by atoms with van der Waals surface area (Å²) >= 11 is 0. The van der Waals surface area contributed by atoms with Crippen LogP contribution in [0, 0.1) is 0 Å². The highest BCUT2D eigenvalue weighted by atomic mass is 16.5. The van der Waals surface area contributed by atoms with E-state index < -0.39 is 0 Å². The molecule has 0 radical (unpaired) electrons. The second-order valence-electron chi connectivity index (χ2n) is 5.48. The van der Waals surface area contributed by atoms with Gasteiger partial charge in [0.2, 0.25) is 0 Å². The SMILES string of the molecule is CCCCOC(=O)C=C1CCc2ccc(C(=O)OC)cc2C1. The van der Waals surface area contributed by atoms with Gasteiger partial charge in [0.15, 0.2) is 0 Å². The molecular formula is C18H22O4. The Labute approximate surface area is 131 Å². The van der Waals surface area contributed by atoms with E-state index in [9.17, 15) is 9.59 Å². The third-order valence-corrected chi connectivity index (χ3v) is 3.82. The number of carbonyl (C=O) groups is 2. The minimum absolute atomic E-state index is 0.268. The predicted molar refractivity (Wildman–Crippen MR) is 83.8 cm³/mol.